The molecule has 4 nitrogen and oxygen atoms in total. The molecule has 0 spiro atoms. The molecule has 21 heavy (non-hydrogen) atoms. The van der Waals surface area contributed by atoms with Crippen molar-refractivity contribution in [3.05, 3.63) is 33.7 Å². The lowest BCUT2D eigenvalue weighted by molar-refractivity contribution is -0.143. The van der Waals surface area contributed by atoms with Gasteiger partial charge in [-0.15, -0.1) is 11.3 Å². The SMILES string of the molecule is COC(=O)C1C(C)=NC2=C(C(=O)CCC2)[C@@H]1c1cccs1. The Balaban J connectivity index is 2.16. The number of thiophene rings is 1. The van der Waals surface area contributed by atoms with Crippen LogP contribution < -0.4 is 0 Å². The van der Waals surface area contributed by atoms with Gasteiger partial charge in [0.1, 0.15) is 5.92 Å². The molecule has 2 heterocycles. The number of Topliss-reactive ketones (excluding diaryl/α,β-unsaturated/α-hetero) is 1. The minimum atomic E-state index is -0.491. The zero-order valence-electron chi connectivity index (χ0n) is 12.1. The van der Waals surface area contributed by atoms with Gasteiger partial charge in [0.05, 0.1) is 7.11 Å². The summed E-state index contributed by atoms with van der Waals surface area (Å²) >= 11 is 1.57. The quantitative estimate of drug-likeness (QED) is 0.789. The molecule has 1 aromatic rings. The number of carbonyl (C=O) groups excluding carboxylic acids is 2. The maximum Gasteiger partial charge on any atom is 0.315 e. The zero-order chi connectivity index (χ0) is 15.0. The number of rotatable bonds is 2. The average Bonchev–Trinajstić information content (AvgIpc) is 2.99. The van der Waals surface area contributed by atoms with Crippen LogP contribution in [0, 0.1) is 5.92 Å². The van der Waals surface area contributed by atoms with Crippen LogP contribution in [0.25, 0.3) is 0 Å². The first-order chi connectivity index (χ1) is 10.1. The maximum atomic E-state index is 12.4. The summed E-state index contributed by atoms with van der Waals surface area (Å²) in [7, 11) is 1.38. The average molecular weight is 303 g/mol. The Morgan fingerprint density at radius 3 is 2.90 bits per heavy atom. The Kier molecular flexibility index (Phi) is 3.76. The molecule has 0 amide bonds. The van der Waals surface area contributed by atoms with Crippen molar-refractivity contribution in [2.45, 2.75) is 32.1 Å². The Morgan fingerprint density at radius 1 is 1.43 bits per heavy atom. The van der Waals surface area contributed by atoms with Crippen molar-refractivity contribution in [3.8, 4) is 0 Å². The van der Waals surface area contributed by atoms with Gasteiger partial charge in [-0.3, -0.25) is 14.6 Å². The fourth-order valence-corrected chi connectivity index (χ4v) is 4.09. The van der Waals surface area contributed by atoms with E-state index in [1.807, 2.05) is 24.4 Å². The molecule has 0 saturated heterocycles. The highest BCUT2D eigenvalue weighted by Gasteiger charge is 2.43. The van der Waals surface area contributed by atoms with Gasteiger partial charge in [0.2, 0.25) is 0 Å². The van der Waals surface area contributed by atoms with E-state index < -0.39 is 5.92 Å². The van der Waals surface area contributed by atoms with Crippen LogP contribution in [0.5, 0.6) is 0 Å². The molecule has 2 aliphatic rings. The summed E-state index contributed by atoms with van der Waals surface area (Å²) in [6.45, 7) is 1.85. The molecular formula is C16H17NO3S. The number of nitrogens with zero attached hydrogens (tertiary/aromatic N) is 1. The summed E-state index contributed by atoms with van der Waals surface area (Å²) < 4.78 is 4.95. The monoisotopic (exact) mass is 303 g/mol. The molecule has 2 atom stereocenters. The smallest absolute Gasteiger partial charge is 0.315 e. The van der Waals surface area contributed by atoms with Crippen LogP contribution in [0.15, 0.2) is 33.8 Å². The summed E-state index contributed by atoms with van der Waals surface area (Å²) in [5.74, 6) is -0.924. The van der Waals surface area contributed by atoms with Crippen molar-refractivity contribution < 1.29 is 14.3 Å². The van der Waals surface area contributed by atoms with Crippen molar-refractivity contribution >= 4 is 28.8 Å². The summed E-state index contributed by atoms with van der Waals surface area (Å²) in [6, 6.07) is 3.93. The van der Waals surface area contributed by atoms with Crippen LogP contribution >= 0.6 is 11.3 Å². The van der Waals surface area contributed by atoms with Crippen LogP contribution in [-0.4, -0.2) is 24.6 Å². The lowest BCUT2D eigenvalue weighted by Gasteiger charge is -2.33. The summed E-state index contributed by atoms with van der Waals surface area (Å²) in [5.41, 5.74) is 2.33. The third-order valence-corrected chi connectivity index (χ3v) is 5.09. The first-order valence-electron chi connectivity index (χ1n) is 7.06. The van der Waals surface area contributed by atoms with Crippen molar-refractivity contribution in [3.63, 3.8) is 0 Å². The van der Waals surface area contributed by atoms with E-state index in [2.05, 4.69) is 4.99 Å². The summed E-state index contributed by atoms with van der Waals surface area (Å²) in [4.78, 5) is 30.2. The van der Waals surface area contributed by atoms with Gasteiger partial charge in [0.15, 0.2) is 5.78 Å². The number of hydrogen-bond donors (Lipinski definition) is 0. The normalized spacial score (nSPS) is 25.4. The van der Waals surface area contributed by atoms with Crippen LogP contribution in [0.4, 0.5) is 0 Å². The predicted octanol–water partition coefficient (Wildman–Crippen LogP) is 3.10. The second kappa shape index (κ2) is 5.56. The van der Waals surface area contributed by atoms with Crippen molar-refractivity contribution in [1.82, 2.24) is 0 Å². The van der Waals surface area contributed by atoms with Gasteiger partial charge in [-0.1, -0.05) is 6.07 Å². The third kappa shape index (κ3) is 2.35. The lowest BCUT2D eigenvalue weighted by Crippen LogP contribution is -2.36. The lowest BCUT2D eigenvalue weighted by atomic mass is 9.74. The molecule has 1 unspecified atom stereocenters. The predicted molar refractivity (Wildman–Crippen MR) is 81.6 cm³/mol. The Bertz CT molecular complexity index is 642. The number of esters is 1. The number of ether oxygens (including phenoxy) is 1. The number of hydrogen-bond acceptors (Lipinski definition) is 5. The fourth-order valence-electron chi connectivity index (χ4n) is 3.21. The second-order valence-corrected chi connectivity index (χ2v) is 6.36. The highest BCUT2D eigenvalue weighted by Crippen LogP contribution is 2.44. The molecule has 0 aromatic carbocycles. The van der Waals surface area contributed by atoms with Gasteiger partial charge in [0, 0.05) is 34.2 Å². The molecular weight excluding hydrogens is 286 g/mol. The minimum absolute atomic E-state index is 0.125. The molecule has 1 aliphatic heterocycles. The topological polar surface area (TPSA) is 55.7 Å². The van der Waals surface area contributed by atoms with Gasteiger partial charge in [-0.05, 0) is 31.2 Å². The second-order valence-electron chi connectivity index (χ2n) is 5.38. The molecule has 110 valence electrons. The minimum Gasteiger partial charge on any atom is -0.468 e. The van der Waals surface area contributed by atoms with Gasteiger partial charge < -0.3 is 4.74 Å². The van der Waals surface area contributed by atoms with Gasteiger partial charge in [-0.25, -0.2) is 0 Å². The molecule has 0 N–H and O–H groups in total. The number of ketones is 1. The van der Waals surface area contributed by atoms with Crippen LogP contribution in [0.1, 0.15) is 37.0 Å². The summed E-state index contributed by atoms with van der Waals surface area (Å²) in [6.07, 6.45) is 2.20. The van der Waals surface area contributed by atoms with E-state index in [0.29, 0.717) is 6.42 Å². The molecule has 3 rings (SSSR count). The fraction of sp³-hybridized carbons (Fsp3) is 0.438. The Morgan fingerprint density at radius 2 is 2.24 bits per heavy atom. The zero-order valence-corrected chi connectivity index (χ0v) is 12.9. The molecule has 0 saturated carbocycles. The van der Waals surface area contributed by atoms with Gasteiger partial charge in [0.25, 0.3) is 0 Å². The first kappa shape index (κ1) is 14.2. The first-order valence-corrected chi connectivity index (χ1v) is 7.94. The van der Waals surface area contributed by atoms with Crippen LogP contribution in [-0.2, 0) is 14.3 Å². The van der Waals surface area contributed by atoms with E-state index in [0.717, 1.165) is 34.7 Å². The van der Waals surface area contributed by atoms with Gasteiger partial charge in [-0.2, -0.15) is 0 Å². The van der Waals surface area contributed by atoms with E-state index >= 15 is 0 Å². The Hall–Kier alpha value is -1.75. The number of methoxy groups -OCH3 is 1. The van der Waals surface area contributed by atoms with Crippen molar-refractivity contribution in [1.29, 1.82) is 0 Å². The van der Waals surface area contributed by atoms with E-state index in [4.69, 9.17) is 4.74 Å². The van der Waals surface area contributed by atoms with E-state index in [-0.39, 0.29) is 17.7 Å². The molecule has 5 heteroatoms. The highest BCUT2D eigenvalue weighted by molar-refractivity contribution is 7.10. The maximum absolute atomic E-state index is 12.4. The van der Waals surface area contributed by atoms with Gasteiger partial charge >= 0.3 is 5.97 Å². The number of aliphatic imine (C=N–C) groups is 1. The van der Waals surface area contributed by atoms with E-state index in [1.54, 1.807) is 11.3 Å². The molecule has 0 radical (unpaired) electrons. The Labute approximate surface area is 127 Å². The van der Waals surface area contributed by atoms with E-state index in [1.165, 1.54) is 7.11 Å². The van der Waals surface area contributed by atoms with Crippen LogP contribution in [0.3, 0.4) is 0 Å². The summed E-state index contributed by atoms with van der Waals surface area (Å²) in [5, 5.41) is 1.97. The molecule has 0 bridgehead atoms. The van der Waals surface area contributed by atoms with Crippen molar-refractivity contribution in [2.24, 2.45) is 10.9 Å². The number of allylic oxidation sites excluding steroid dienone is 2. The number of carbonyl (C=O) groups is 2. The van der Waals surface area contributed by atoms with E-state index in [9.17, 15) is 9.59 Å². The standard InChI is InChI=1S/C16H17NO3S/c1-9-13(16(19)20-2)15(12-7-4-8-21-12)14-10(17-9)5-3-6-11(14)18/h4,7-8,13,15H,3,5-6H2,1-2H3/t13?,15-/m1/s1. The molecule has 1 aromatic heterocycles. The molecule has 0 fully saturated rings. The third-order valence-electron chi connectivity index (χ3n) is 4.14. The molecule has 1 aliphatic carbocycles. The highest BCUT2D eigenvalue weighted by atomic mass is 32.1. The van der Waals surface area contributed by atoms with Crippen LogP contribution in [0.2, 0.25) is 0 Å². The van der Waals surface area contributed by atoms with Crippen molar-refractivity contribution in [2.75, 3.05) is 7.11 Å². The largest absolute Gasteiger partial charge is 0.468 e.